The van der Waals surface area contributed by atoms with E-state index in [4.69, 9.17) is 10.4 Å². The summed E-state index contributed by atoms with van der Waals surface area (Å²) in [6, 6.07) is 1.75. The van der Waals surface area contributed by atoms with Gasteiger partial charge >= 0.3 is 0 Å². The molecule has 0 saturated carbocycles. The molecule has 0 aliphatic carbocycles. The molecule has 0 unspecified atom stereocenters. The lowest BCUT2D eigenvalue weighted by Gasteiger charge is -2.18. The molecule has 2 aromatic rings. The zero-order valence-electron chi connectivity index (χ0n) is 11.8. The molecule has 2 heterocycles. The van der Waals surface area contributed by atoms with Crippen molar-refractivity contribution in [2.75, 3.05) is 17.3 Å². The summed E-state index contributed by atoms with van der Waals surface area (Å²) < 4.78 is 4.93. The van der Waals surface area contributed by atoms with Crippen molar-refractivity contribution in [2.24, 2.45) is 5.84 Å². The summed E-state index contributed by atoms with van der Waals surface area (Å²) in [5.41, 5.74) is 2.39. The predicted octanol–water partition coefficient (Wildman–Crippen LogP) is 1.10. The van der Waals surface area contributed by atoms with Crippen LogP contribution in [0.1, 0.15) is 32.5 Å². The molecule has 0 radical (unpaired) electrons. The molecule has 0 bridgehead atoms. The SMILES string of the molecule is CC(C)(C)c1nc(NN)cc(NCCc2ncno2)n1. The highest BCUT2D eigenvalue weighted by molar-refractivity contribution is 5.47. The fourth-order valence-corrected chi connectivity index (χ4v) is 1.55. The largest absolute Gasteiger partial charge is 0.369 e. The Bertz CT molecular complexity index is 547. The van der Waals surface area contributed by atoms with Gasteiger partial charge in [0.25, 0.3) is 0 Å². The van der Waals surface area contributed by atoms with Crippen LogP contribution in [0.5, 0.6) is 0 Å². The molecule has 0 atom stereocenters. The van der Waals surface area contributed by atoms with Crippen molar-refractivity contribution in [3.63, 3.8) is 0 Å². The highest BCUT2D eigenvalue weighted by atomic mass is 16.5. The molecular formula is C12H19N7O. The van der Waals surface area contributed by atoms with Crippen LogP contribution >= 0.6 is 0 Å². The topological polar surface area (TPSA) is 115 Å². The first-order valence-electron chi connectivity index (χ1n) is 6.34. The molecule has 0 spiro atoms. The second kappa shape index (κ2) is 5.83. The Morgan fingerprint density at radius 1 is 1.25 bits per heavy atom. The molecule has 2 aromatic heterocycles. The number of nitrogen functional groups attached to an aromatic ring is 1. The van der Waals surface area contributed by atoms with E-state index in [0.717, 1.165) is 0 Å². The number of anilines is 2. The van der Waals surface area contributed by atoms with Gasteiger partial charge in [-0.05, 0) is 0 Å². The Hall–Kier alpha value is -2.22. The van der Waals surface area contributed by atoms with Gasteiger partial charge in [-0.15, -0.1) is 0 Å². The number of nitrogens with one attached hydrogen (secondary N) is 2. The first-order chi connectivity index (χ1) is 9.49. The average Bonchev–Trinajstić information content (AvgIpc) is 2.90. The lowest BCUT2D eigenvalue weighted by Crippen LogP contribution is -2.20. The van der Waals surface area contributed by atoms with E-state index in [9.17, 15) is 0 Å². The minimum atomic E-state index is -0.157. The molecule has 2 rings (SSSR count). The second-order valence-electron chi connectivity index (χ2n) is 5.37. The fourth-order valence-electron chi connectivity index (χ4n) is 1.55. The van der Waals surface area contributed by atoms with Crippen molar-refractivity contribution < 1.29 is 4.52 Å². The maximum absolute atomic E-state index is 5.44. The van der Waals surface area contributed by atoms with Gasteiger partial charge < -0.3 is 15.3 Å². The Morgan fingerprint density at radius 2 is 2.00 bits per heavy atom. The summed E-state index contributed by atoms with van der Waals surface area (Å²) in [5, 5.41) is 6.75. The van der Waals surface area contributed by atoms with Crippen LogP contribution in [0, 0.1) is 0 Å². The van der Waals surface area contributed by atoms with E-state index < -0.39 is 0 Å². The number of nitrogens with zero attached hydrogens (tertiary/aromatic N) is 4. The van der Waals surface area contributed by atoms with Gasteiger partial charge in [0.1, 0.15) is 17.5 Å². The van der Waals surface area contributed by atoms with E-state index in [-0.39, 0.29) is 5.41 Å². The Labute approximate surface area is 117 Å². The van der Waals surface area contributed by atoms with Gasteiger partial charge in [0, 0.05) is 24.4 Å². The first-order valence-corrected chi connectivity index (χ1v) is 6.34. The summed E-state index contributed by atoms with van der Waals surface area (Å²) in [7, 11) is 0. The highest BCUT2D eigenvalue weighted by Crippen LogP contribution is 2.21. The maximum Gasteiger partial charge on any atom is 0.228 e. The van der Waals surface area contributed by atoms with E-state index in [2.05, 4.69) is 30.9 Å². The normalized spacial score (nSPS) is 11.4. The summed E-state index contributed by atoms with van der Waals surface area (Å²) in [6.45, 7) is 6.77. The summed E-state index contributed by atoms with van der Waals surface area (Å²) >= 11 is 0. The van der Waals surface area contributed by atoms with Crippen molar-refractivity contribution in [3.05, 3.63) is 24.1 Å². The Morgan fingerprint density at radius 3 is 2.60 bits per heavy atom. The highest BCUT2D eigenvalue weighted by Gasteiger charge is 2.19. The third kappa shape index (κ3) is 3.64. The fraction of sp³-hybridized carbons (Fsp3) is 0.500. The third-order valence-corrected chi connectivity index (χ3v) is 2.60. The lowest BCUT2D eigenvalue weighted by molar-refractivity contribution is 0.379. The first kappa shape index (κ1) is 14.2. The number of aromatic nitrogens is 4. The average molecular weight is 277 g/mol. The number of hydrogen-bond donors (Lipinski definition) is 3. The minimum Gasteiger partial charge on any atom is -0.369 e. The molecule has 0 aromatic carbocycles. The zero-order chi connectivity index (χ0) is 14.6. The van der Waals surface area contributed by atoms with Crippen LogP contribution in [0.15, 0.2) is 16.9 Å². The smallest absolute Gasteiger partial charge is 0.228 e. The van der Waals surface area contributed by atoms with Crippen LogP contribution in [0.4, 0.5) is 11.6 Å². The molecule has 108 valence electrons. The van der Waals surface area contributed by atoms with E-state index in [1.54, 1.807) is 6.07 Å². The van der Waals surface area contributed by atoms with Crippen molar-refractivity contribution in [1.29, 1.82) is 0 Å². The second-order valence-corrected chi connectivity index (χ2v) is 5.37. The van der Waals surface area contributed by atoms with Crippen molar-refractivity contribution >= 4 is 11.6 Å². The molecule has 0 amide bonds. The van der Waals surface area contributed by atoms with Gasteiger partial charge in [-0.1, -0.05) is 25.9 Å². The molecule has 0 aliphatic heterocycles. The standard InChI is InChI=1S/C12H19N7O/c1-12(2,3)11-17-8(6-9(18-11)19-13)14-5-4-10-15-7-16-20-10/h6-7H,4-5,13H2,1-3H3,(H2,14,17,18,19). The van der Waals surface area contributed by atoms with Crippen LogP contribution in [-0.4, -0.2) is 26.7 Å². The predicted molar refractivity (Wildman–Crippen MR) is 75.0 cm³/mol. The molecule has 8 heteroatoms. The van der Waals surface area contributed by atoms with E-state index in [0.29, 0.717) is 36.3 Å². The summed E-state index contributed by atoms with van der Waals surface area (Å²) in [5.74, 6) is 8.01. The van der Waals surface area contributed by atoms with Crippen molar-refractivity contribution in [1.82, 2.24) is 20.1 Å². The van der Waals surface area contributed by atoms with Crippen molar-refractivity contribution in [2.45, 2.75) is 32.6 Å². The maximum atomic E-state index is 5.44. The zero-order valence-corrected chi connectivity index (χ0v) is 11.8. The monoisotopic (exact) mass is 277 g/mol. The van der Waals surface area contributed by atoms with Gasteiger partial charge in [-0.3, -0.25) is 0 Å². The molecule has 0 fully saturated rings. The molecule has 0 saturated heterocycles. The number of nitrogens with two attached hydrogens (primary N) is 1. The number of rotatable bonds is 5. The van der Waals surface area contributed by atoms with E-state index in [1.165, 1.54) is 6.33 Å². The Balaban J connectivity index is 2.06. The lowest BCUT2D eigenvalue weighted by atomic mass is 9.96. The van der Waals surface area contributed by atoms with Gasteiger partial charge in [0.2, 0.25) is 5.89 Å². The number of hydrazine groups is 1. The quantitative estimate of drug-likeness (QED) is 0.549. The van der Waals surface area contributed by atoms with Crippen LogP contribution in [-0.2, 0) is 11.8 Å². The van der Waals surface area contributed by atoms with E-state index >= 15 is 0 Å². The van der Waals surface area contributed by atoms with Crippen LogP contribution < -0.4 is 16.6 Å². The van der Waals surface area contributed by atoms with Crippen LogP contribution in [0.25, 0.3) is 0 Å². The van der Waals surface area contributed by atoms with Gasteiger partial charge in [-0.2, -0.15) is 4.98 Å². The molecule has 4 N–H and O–H groups in total. The Kier molecular flexibility index (Phi) is 4.14. The third-order valence-electron chi connectivity index (χ3n) is 2.60. The minimum absolute atomic E-state index is 0.157. The van der Waals surface area contributed by atoms with Crippen molar-refractivity contribution in [3.8, 4) is 0 Å². The van der Waals surface area contributed by atoms with E-state index in [1.807, 2.05) is 20.8 Å². The molecule has 0 aliphatic rings. The van der Waals surface area contributed by atoms with Crippen LogP contribution in [0.3, 0.4) is 0 Å². The van der Waals surface area contributed by atoms with Gasteiger partial charge in [0.15, 0.2) is 6.33 Å². The molecular weight excluding hydrogens is 258 g/mol. The molecule has 8 nitrogen and oxygen atoms in total. The van der Waals surface area contributed by atoms with Gasteiger partial charge in [-0.25, -0.2) is 15.8 Å². The van der Waals surface area contributed by atoms with Crippen LogP contribution in [0.2, 0.25) is 0 Å². The molecule has 20 heavy (non-hydrogen) atoms. The summed E-state index contributed by atoms with van der Waals surface area (Å²) in [6.07, 6.45) is 2.01. The van der Waals surface area contributed by atoms with Gasteiger partial charge in [0.05, 0.1) is 0 Å². The summed E-state index contributed by atoms with van der Waals surface area (Å²) in [4.78, 5) is 12.8. The number of hydrogen-bond acceptors (Lipinski definition) is 8.